The summed E-state index contributed by atoms with van der Waals surface area (Å²) < 4.78 is 42.8. The van der Waals surface area contributed by atoms with E-state index in [-0.39, 0.29) is 28.6 Å². The highest BCUT2D eigenvalue weighted by Crippen LogP contribution is 2.41. The smallest absolute Gasteiger partial charge is 0.351 e. The number of aryl methyl sites for hydroxylation is 1. The normalized spacial score (nSPS) is 14.0. The van der Waals surface area contributed by atoms with Gasteiger partial charge in [0.1, 0.15) is 5.69 Å². The minimum absolute atomic E-state index is 0.00245. The Balaban J connectivity index is 1.66. The number of amides is 2. The molecule has 32 heavy (non-hydrogen) atoms. The number of halogens is 3. The molecule has 0 aliphatic heterocycles. The molecule has 1 aliphatic carbocycles. The summed E-state index contributed by atoms with van der Waals surface area (Å²) in [5, 5.41) is 13.2. The number of carbonyl (C=O) groups is 2. The predicted molar refractivity (Wildman–Crippen MR) is 108 cm³/mol. The summed E-state index contributed by atoms with van der Waals surface area (Å²) >= 11 is 0. The Bertz CT molecular complexity index is 1180. The molecule has 1 saturated carbocycles. The maximum Gasteiger partial charge on any atom is 0.433 e. The van der Waals surface area contributed by atoms with Crippen molar-refractivity contribution in [1.82, 2.24) is 29.7 Å². The Labute approximate surface area is 181 Å². The summed E-state index contributed by atoms with van der Waals surface area (Å²) in [6.07, 6.45) is -0.879. The fraction of sp³-hybridized carbons (Fsp3) is 0.450. The average Bonchev–Trinajstić information content (AvgIpc) is 3.38. The van der Waals surface area contributed by atoms with Gasteiger partial charge in [-0.15, -0.1) is 0 Å². The highest BCUT2D eigenvalue weighted by molar-refractivity contribution is 6.07. The van der Waals surface area contributed by atoms with E-state index >= 15 is 0 Å². The first-order valence-electron chi connectivity index (χ1n) is 10.4. The number of anilines is 1. The van der Waals surface area contributed by atoms with Crippen molar-refractivity contribution in [2.75, 3.05) is 11.9 Å². The van der Waals surface area contributed by atoms with Gasteiger partial charge in [0.2, 0.25) is 0 Å². The molecule has 3 aromatic heterocycles. The molecule has 3 heterocycles. The molecule has 0 unspecified atom stereocenters. The van der Waals surface area contributed by atoms with E-state index in [0.717, 1.165) is 25.3 Å². The maximum absolute atomic E-state index is 13.6. The number of fused-ring (bicyclic) bond motifs is 1. The molecular formula is C20H22F3N7O2. The van der Waals surface area contributed by atoms with Crippen LogP contribution in [0.4, 0.5) is 18.9 Å². The van der Waals surface area contributed by atoms with Crippen molar-refractivity contribution in [3.8, 4) is 0 Å². The van der Waals surface area contributed by atoms with E-state index in [9.17, 15) is 22.8 Å². The van der Waals surface area contributed by atoms with Crippen LogP contribution >= 0.6 is 0 Å². The van der Waals surface area contributed by atoms with Crippen LogP contribution in [-0.2, 0) is 12.7 Å². The monoisotopic (exact) mass is 449 g/mol. The third-order valence-electron chi connectivity index (χ3n) is 5.05. The minimum atomic E-state index is -4.66. The lowest BCUT2D eigenvalue weighted by Crippen LogP contribution is -2.26. The lowest BCUT2D eigenvalue weighted by Gasteiger charge is -2.10. The molecule has 0 atom stereocenters. The largest absolute Gasteiger partial charge is 0.433 e. The highest BCUT2D eigenvalue weighted by Gasteiger charge is 2.37. The first-order valence-corrected chi connectivity index (χ1v) is 10.4. The first-order chi connectivity index (χ1) is 15.2. The SMILES string of the molecule is CCCNC(=O)c1nn(CC)cc1NC(=O)c1cc2nc(C3CC3)cc(C(F)(F)F)n2n1. The number of carbonyl (C=O) groups excluding carboxylic acids is 2. The van der Waals surface area contributed by atoms with E-state index in [0.29, 0.717) is 23.3 Å². The van der Waals surface area contributed by atoms with Crippen molar-refractivity contribution in [1.29, 1.82) is 0 Å². The zero-order chi connectivity index (χ0) is 23.0. The topological polar surface area (TPSA) is 106 Å². The second kappa shape index (κ2) is 8.24. The Morgan fingerprint density at radius 1 is 1.16 bits per heavy atom. The Kier molecular flexibility index (Phi) is 5.61. The van der Waals surface area contributed by atoms with Gasteiger partial charge in [-0.25, -0.2) is 9.50 Å². The number of alkyl halides is 3. The van der Waals surface area contributed by atoms with Gasteiger partial charge >= 0.3 is 6.18 Å². The van der Waals surface area contributed by atoms with Crippen LogP contribution < -0.4 is 10.6 Å². The Hall–Kier alpha value is -3.44. The number of aromatic nitrogens is 5. The van der Waals surface area contributed by atoms with E-state index < -0.39 is 23.7 Å². The summed E-state index contributed by atoms with van der Waals surface area (Å²) in [5.41, 5.74) is -0.789. The molecule has 12 heteroatoms. The summed E-state index contributed by atoms with van der Waals surface area (Å²) in [7, 11) is 0. The summed E-state index contributed by atoms with van der Waals surface area (Å²) in [6.45, 7) is 4.61. The lowest BCUT2D eigenvalue weighted by molar-refractivity contribution is -0.142. The predicted octanol–water partition coefficient (Wildman–Crippen LogP) is 3.23. The van der Waals surface area contributed by atoms with Crippen molar-refractivity contribution in [2.45, 2.75) is 51.7 Å². The molecular weight excluding hydrogens is 427 g/mol. The third-order valence-corrected chi connectivity index (χ3v) is 5.05. The van der Waals surface area contributed by atoms with Gasteiger partial charge in [0.15, 0.2) is 17.0 Å². The van der Waals surface area contributed by atoms with Gasteiger partial charge < -0.3 is 10.6 Å². The Morgan fingerprint density at radius 2 is 1.91 bits per heavy atom. The number of hydrogen-bond donors (Lipinski definition) is 2. The Morgan fingerprint density at radius 3 is 2.53 bits per heavy atom. The van der Waals surface area contributed by atoms with Gasteiger partial charge in [-0.1, -0.05) is 6.92 Å². The van der Waals surface area contributed by atoms with Gasteiger partial charge in [-0.2, -0.15) is 23.4 Å². The second-order valence-corrected chi connectivity index (χ2v) is 7.59. The molecule has 2 N–H and O–H groups in total. The molecule has 0 saturated heterocycles. The maximum atomic E-state index is 13.6. The molecule has 0 radical (unpaired) electrons. The molecule has 4 rings (SSSR count). The van der Waals surface area contributed by atoms with Crippen molar-refractivity contribution in [3.63, 3.8) is 0 Å². The lowest BCUT2D eigenvalue weighted by atomic mass is 10.2. The van der Waals surface area contributed by atoms with E-state index in [1.807, 2.05) is 13.8 Å². The molecule has 170 valence electrons. The first kappa shape index (κ1) is 21.8. The van der Waals surface area contributed by atoms with E-state index in [2.05, 4.69) is 25.8 Å². The number of nitrogens with one attached hydrogen (secondary N) is 2. The van der Waals surface area contributed by atoms with Crippen molar-refractivity contribution in [3.05, 3.63) is 41.1 Å². The molecule has 0 spiro atoms. The van der Waals surface area contributed by atoms with Gasteiger partial charge in [-0.05, 0) is 32.3 Å². The standard InChI is InChI=1S/C20H22F3N7O2/c1-3-7-24-19(32)17-14(10-29(4-2)28-17)26-18(31)13-9-16-25-12(11-5-6-11)8-15(20(21,22)23)30(16)27-13/h8-11H,3-7H2,1-2H3,(H,24,32)(H,26,31). The molecule has 3 aromatic rings. The molecule has 1 fully saturated rings. The zero-order valence-corrected chi connectivity index (χ0v) is 17.5. The number of nitrogens with zero attached hydrogens (tertiary/aromatic N) is 5. The molecule has 2 amide bonds. The van der Waals surface area contributed by atoms with Crippen molar-refractivity contribution < 1.29 is 22.8 Å². The van der Waals surface area contributed by atoms with Crippen LogP contribution in [0.2, 0.25) is 0 Å². The quantitative estimate of drug-likeness (QED) is 0.576. The van der Waals surface area contributed by atoms with Crippen LogP contribution in [0.25, 0.3) is 5.65 Å². The average molecular weight is 449 g/mol. The molecule has 0 aromatic carbocycles. The van der Waals surface area contributed by atoms with Crippen molar-refractivity contribution >= 4 is 23.1 Å². The molecule has 1 aliphatic rings. The van der Waals surface area contributed by atoms with Gasteiger partial charge in [-0.3, -0.25) is 14.3 Å². The molecule has 9 nitrogen and oxygen atoms in total. The fourth-order valence-corrected chi connectivity index (χ4v) is 3.25. The number of hydrogen-bond acceptors (Lipinski definition) is 5. The zero-order valence-electron chi connectivity index (χ0n) is 17.5. The number of rotatable bonds is 7. The minimum Gasteiger partial charge on any atom is -0.351 e. The fourth-order valence-electron chi connectivity index (χ4n) is 3.25. The third kappa shape index (κ3) is 4.30. The summed E-state index contributed by atoms with van der Waals surface area (Å²) in [5.74, 6) is -1.23. The van der Waals surface area contributed by atoms with Crippen LogP contribution in [0.3, 0.4) is 0 Å². The van der Waals surface area contributed by atoms with Crippen molar-refractivity contribution in [2.24, 2.45) is 0 Å². The van der Waals surface area contributed by atoms with Crippen LogP contribution in [0.1, 0.15) is 71.4 Å². The summed E-state index contributed by atoms with van der Waals surface area (Å²) in [6, 6.07) is 2.19. The van der Waals surface area contributed by atoms with Gasteiger partial charge in [0.05, 0.1) is 5.69 Å². The second-order valence-electron chi connectivity index (χ2n) is 7.59. The van der Waals surface area contributed by atoms with Crippen LogP contribution in [0.15, 0.2) is 18.3 Å². The van der Waals surface area contributed by atoms with E-state index in [1.165, 1.54) is 16.9 Å². The highest BCUT2D eigenvalue weighted by atomic mass is 19.4. The van der Waals surface area contributed by atoms with Gasteiger partial charge in [0, 0.05) is 37.0 Å². The molecule has 0 bridgehead atoms. The van der Waals surface area contributed by atoms with Crippen LogP contribution in [-0.4, -0.2) is 42.7 Å². The van der Waals surface area contributed by atoms with E-state index in [4.69, 9.17) is 0 Å². The van der Waals surface area contributed by atoms with Gasteiger partial charge in [0.25, 0.3) is 11.8 Å². The van der Waals surface area contributed by atoms with E-state index in [1.54, 1.807) is 0 Å². The van der Waals surface area contributed by atoms with Crippen LogP contribution in [0, 0.1) is 0 Å². The summed E-state index contributed by atoms with van der Waals surface area (Å²) in [4.78, 5) is 29.4. The van der Waals surface area contributed by atoms with Crippen LogP contribution in [0.5, 0.6) is 0 Å².